The molecule has 96 valence electrons. The van der Waals surface area contributed by atoms with Crippen molar-refractivity contribution in [1.82, 2.24) is 4.72 Å². The lowest BCUT2D eigenvalue weighted by atomic mass is 10.2. The van der Waals surface area contributed by atoms with E-state index in [2.05, 4.69) is 9.70 Å². The Kier molecular flexibility index (Phi) is 4.83. The predicted octanol–water partition coefficient (Wildman–Crippen LogP) is 1.92. The summed E-state index contributed by atoms with van der Waals surface area (Å²) in [6, 6.07) is 6.43. The van der Waals surface area contributed by atoms with Gasteiger partial charge in [-0.05, 0) is 19.1 Å². The normalized spacial score (nSPS) is 12.1. The molecular formula is C11H14N3O3S+. The van der Waals surface area contributed by atoms with Gasteiger partial charge in [0.1, 0.15) is 0 Å². The van der Waals surface area contributed by atoms with Gasteiger partial charge in [0.05, 0.1) is 4.90 Å². The summed E-state index contributed by atoms with van der Waals surface area (Å²) in [7, 11) is -3.57. The molecule has 0 bridgehead atoms. The zero-order valence-electron chi connectivity index (χ0n) is 9.87. The van der Waals surface area contributed by atoms with E-state index in [9.17, 15) is 8.42 Å². The highest BCUT2D eigenvalue weighted by Crippen LogP contribution is 2.09. The molecule has 0 aliphatic carbocycles. The maximum atomic E-state index is 11.8. The van der Waals surface area contributed by atoms with E-state index in [1.807, 2.05) is 6.92 Å². The SMILES string of the molecule is Cc1ccc(S(=O)(=O)NCCC(O)=C[N+]#N)cc1. The van der Waals surface area contributed by atoms with Crippen LogP contribution in [-0.4, -0.2) is 20.1 Å². The van der Waals surface area contributed by atoms with Crippen LogP contribution in [0.15, 0.2) is 41.1 Å². The summed E-state index contributed by atoms with van der Waals surface area (Å²) in [6.45, 7) is 1.89. The van der Waals surface area contributed by atoms with Crippen molar-refractivity contribution in [3.8, 4) is 0 Å². The van der Waals surface area contributed by atoms with Gasteiger partial charge in [-0.25, -0.2) is 13.1 Å². The molecule has 0 radical (unpaired) electrons. The number of aliphatic hydroxyl groups excluding tert-OH is 1. The van der Waals surface area contributed by atoms with Crippen LogP contribution >= 0.6 is 0 Å². The molecule has 2 N–H and O–H groups in total. The van der Waals surface area contributed by atoms with Gasteiger partial charge in [0, 0.05) is 13.0 Å². The molecule has 0 amide bonds. The summed E-state index contributed by atoms with van der Waals surface area (Å²) in [4.78, 5) is 2.80. The van der Waals surface area contributed by atoms with Crippen molar-refractivity contribution in [1.29, 1.82) is 5.39 Å². The van der Waals surface area contributed by atoms with Gasteiger partial charge in [-0.2, -0.15) is 0 Å². The van der Waals surface area contributed by atoms with Gasteiger partial charge in [-0.15, -0.1) is 0 Å². The minimum Gasteiger partial charge on any atom is -0.505 e. The maximum absolute atomic E-state index is 11.8. The average Bonchev–Trinajstić information content (AvgIpc) is 2.29. The number of hydrogen-bond acceptors (Lipinski definition) is 4. The van der Waals surface area contributed by atoms with E-state index in [4.69, 9.17) is 10.5 Å². The van der Waals surface area contributed by atoms with E-state index >= 15 is 0 Å². The fraction of sp³-hybridized carbons (Fsp3) is 0.273. The van der Waals surface area contributed by atoms with Gasteiger partial charge >= 0.3 is 6.20 Å². The molecule has 7 heteroatoms. The van der Waals surface area contributed by atoms with E-state index in [-0.39, 0.29) is 23.6 Å². The number of aliphatic hydroxyl groups is 1. The van der Waals surface area contributed by atoms with Crippen LogP contribution in [0.5, 0.6) is 0 Å². The summed E-state index contributed by atoms with van der Waals surface area (Å²) in [5.74, 6) is -0.205. The fourth-order valence-electron chi connectivity index (χ4n) is 1.25. The molecule has 0 saturated carbocycles. The van der Waals surface area contributed by atoms with Crippen LogP contribution < -0.4 is 4.72 Å². The van der Waals surface area contributed by atoms with Crippen LogP contribution in [0, 0.1) is 12.3 Å². The van der Waals surface area contributed by atoms with Crippen LogP contribution in [0.4, 0.5) is 0 Å². The van der Waals surface area contributed by atoms with Gasteiger partial charge in [0.2, 0.25) is 15.4 Å². The Morgan fingerprint density at radius 2 is 2.06 bits per heavy atom. The summed E-state index contributed by atoms with van der Waals surface area (Å²) < 4.78 is 25.9. The standard InChI is InChI=1S/C11H13N3O3S/c1-9-2-4-11(5-3-9)18(16,17)14-7-6-10(15)8-13-12/h2-5,8,14H,6-7H2,1H3/p+1. The van der Waals surface area contributed by atoms with Crippen LogP contribution in [0.3, 0.4) is 0 Å². The van der Waals surface area contributed by atoms with Gasteiger partial charge in [0.15, 0.2) is 10.7 Å². The largest absolute Gasteiger partial charge is 0.505 e. The second-order valence-electron chi connectivity index (χ2n) is 3.70. The molecule has 0 saturated heterocycles. The zero-order valence-corrected chi connectivity index (χ0v) is 10.7. The highest BCUT2D eigenvalue weighted by atomic mass is 32.2. The van der Waals surface area contributed by atoms with E-state index in [0.29, 0.717) is 0 Å². The number of nitrogens with one attached hydrogen (secondary N) is 1. The Hall–Kier alpha value is -1.91. The molecule has 18 heavy (non-hydrogen) atoms. The van der Waals surface area contributed by atoms with Crippen molar-refractivity contribution in [3.63, 3.8) is 0 Å². The molecule has 1 rings (SSSR count). The smallest absolute Gasteiger partial charge is 0.387 e. The quantitative estimate of drug-likeness (QED) is 0.630. The van der Waals surface area contributed by atoms with Gasteiger partial charge in [0.25, 0.3) is 0 Å². The van der Waals surface area contributed by atoms with Crippen LogP contribution in [0.1, 0.15) is 12.0 Å². The molecular weight excluding hydrogens is 254 g/mol. The minimum absolute atomic E-state index is 0.0219. The third kappa shape index (κ3) is 4.16. The number of sulfonamides is 1. The van der Waals surface area contributed by atoms with Crippen molar-refractivity contribution >= 4 is 10.0 Å². The lowest BCUT2D eigenvalue weighted by molar-refractivity contribution is 0.388. The molecule has 0 fully saturated rings. The second kappa shape index (κ2) is 6.14. The topological polar surface area (TPSA) is 94.6 Å². The monoisotopic (exact) mass is 268 g/mol. The highest BCUT2D eigenvalue weighted by Gasteiger charge is 2.13. The first kappa shape index (κ1) is 14.2. The molecule has 0 aliphatic rings. The molecule has 6 nitrogen and oxygen atoms in total. The van der Waals surface area contributed by atoms with Gasteiger partial charge < -0.3 is 5.11 Å². The molecule has 0 atom stereocenters. The minimum atomic E-state index is -3.57. The molecule has 1 aromatic carbocycles. The fourth-order valence-corrected chi connectivity index (χ4v) is 2.28. The number of aryl methyl sites for hydroxylation is 1. The Balaban J connectivity index is 2.64. The molecule has 0 spiro atoms. The Morgan fingerprint density at radius 1 is 1.44 bits per heavy atom. The molecule has 1 aromatic rings. The average molecular weight is 268 g/mol. The molecule has 0 aromatic heterocycles. The molecule has 0 unspecified atom stereocenters. The summed E-state index contributed by atoms with van der Waals surface area (Å²) in [5, 5.41) is 17.3. The highest BCUT2D eigenvalue weighted by molar-refractivity contribution is 7.89. The van der Waals surface area contributed by atoms with Crippen molar-refractivity contribution in [2.45, 2.75) is 18.2 Å². The van der Waals surface area contributed by atoms with Crippen molar-refractivity contribution in [2.75, 3.05) is 6.54 Å². The Bertz CT molecular complexity index is 571. The van der Waals surface area contributed by atoms with E-state index in [1.165, 1.54) is 12.1 Å². The van der Waals surface area contributed by atoms with Crippen LogP contribution in [0.25, 0.3) is 4.98 Å². The second-order valence-corrected chi connectivity index (χ2v) is 5.46. The Morgan fingerprint density at radius 3 is 2.61 bits per heavy atom. The first-order chi connectivity index (χ1) is 8.45. The summed E-state index contributed by atoms with van der Waals surface area (Å²) in [6.07, 6.45) is 0.898. The van der Waals surface area contributed by atoms with Gasteiger partial charge in [-0.3, -0.25) is 0 Å². The van der Waals surface area contributed by atoms with Crippen molar-refractivity contribution < 1.29 is 13.5 Å². The predicted molar refractivity (Wildman–Crippen MR) is 66.8 cm³/mol. The van der Waals surface area contributed by atoms with E-state index in [0.717, 1.165) is 11.8 Å². The first-order valence-electron chi connectivity index (χ1n) is 5.24. The number of nitrogens with zero attached hydrogens (tertiary/aromatic N) is 2. The van der Waals surface area contributed by atoms with Crippen molar-refractivity contribution in [3.05, 3.63) is 46.8 Å². The van der Waals surface area contributed by atoms with Crippen molar-refractivity contribution in [2.24, 2.45) is 0 Å². The number of benzene rings is 1. The summed E-state index contributed by atoms with van der Waals surface area (Å²) >= 11 is 0. The Labute approximate surface area is 106 Å². The third-order valence-electron chi connectivity index (χ3n) is 2.21. The molecule has 0 aliphatic heterocycles. The lowest BCUT2D eigenvalue weighted by Crippen LogP contribution is -2.25. The van der Waals surface area contributed by atoms with Crippen LogP contribution in [-0.2, 0) is 10.0 Å². The summed E-state index contributed by atoms with van der Waals surface area (Å²) in [5.41, 5.74) is 0.971. The van der Waals surface area contributed by atoms with Crippen LogP contribution in [0.2, 0.25) is 0 Å². The number of hydrogen-bond donors (Lipinski definition) is 2. The number of diazo groups is 1. The van der Waals surface area contributed by atoms with E-state index in [1.54, 1.807) is 12.1 Å². The first-order valence-corrected chi connectivity index (χ1v) is 6.72. The van der Waals surface area contributed by atoms with Gasteiger partial charge in [-0.1, -0.05) is 17.7 Å². The molecule has 0 heterocycles. The van der Waals surface area contributed by atoms with E-state index < -0.39 is 10.0 Å². The third-order valence-corrected chi connectivity index (χ3v) is 3.69. The lowest BCUT2D eigenvalue weighted by Gasteiger charge is -2.05. The zero-order chi connectivity index (χ0) is 13.6. The maximum Gasteiger partial charge on any atom is 0.387 e. The number of rotatable bonds is 5.